The van der Waals surface area contributed by atoms with Crippen molar-refractivity contribution < 1.29 is 14.3 Å². The molecule has 30 heavy (non-hydrogen) atoms. The van der Waals surface area contributed by atoms with Crippen LogP contribution >= 0.6 is 11.6 Å². The number of carbonyl (C=O) groups is 2. The number of pyridine rings is 1. The molecule has 4 rings (SSSR count). The Bertz CT molecular complexity index is 949. The Labute approximate surface area is 181 Å². The number of hydrogen-bond donors (Lipinski definition) is 1. The summed E-state index contributed by atoms with van der Waals surface area (Å²) < 4.78 is 5.89. The molecule has 1 aliphatic carbocycles. The molecule has 158 valence electrons. The minimum atomic E-state index is -0.208. The summed E-state index contributed by atoms with van der Waals surface area (Å²) in [6.07, 6.45) is 7.12. The molecule has 1 fully saturated rings. The van der Waals surface area contributed by atoms with Gasteiger partial charge in [-0.1, -0.05) is 31.4 Å². The van der Waals surface area contributed by atoms with Crippen LogP contribution in [0.5, 0.6) is 11.6 Å². The van der Waals surface area contributed by atoms with Crippen LogP contribution in [0.3, 0.4) is 0 Å². The molecule has 1 N–H and O–H groups in total. The number of nitrogens with zero attached hydrogens (tertiary/aromatic N) is 2. The maximum absolute atomic E-state index is 13.2. The minimum absolute atomic E-state index is 0.0423. The van der Waals surface area contributed by atoms with Gasteiger partial charge in [-0.05, 0) is 55.5 Å². The molecule has 2 amide bonds. The van der Waals surface area contributed by atoms with Crippen molar-refractivity contribution in [1.82, 2.24) is 10.3 Å². The van der Waals surface area contributed by atoms with E-state index in [0.29, 0.717) is 47.3 Å². The Morgan fingerprint density at radius 2 is 2.13 bits per heavy atom. The lowest BCUT2D eigenvalue weighted by Gasteiger charge is -2.29. The first-order chi connectivity index (χ1) is 14.5. The van der Waals surface area contributed by atoms with Gasteiger partial charge in [-0.3, -0.25) is 9.59 Å². The van der Waals surface area contributed by atoms with Gasteiger partial charge >= 0.3 is 0 Å². The summed E-state index contributed by atoms with van der Waals surface area (Å²) in [5, 5.41) is 3.69. The molecule has 2 aromatic rings. The normalized spacial score (nSPS) is 20.6. The third-order valence-corrected chi connectivity index (χ3v) is 6.14. The molecule has 1 saturated carbocycles. The molecule has 2 heterocycles. The molecule has 1 aliphatic heterocycles. The van der Waals surface area contributed by atoms with E-state index in [0.717, 1.165) is 12.8 Å². The number of halogens is 1. The van der Waals surface area contributed by atoms with Gasteiger partial charge in [0, 0.05) is 30.2 Å². The fourth-order valence-corrected chi connectivity index (χ4v) is 4.38. The molecule has 6 nitrogen and oxygen atoms in total. The van der Waals surface area contributed by atoms with Gasteiger partial charge in [0.15, 0.2) is 5.75 Å². The predicted molar refractivity (Wildman–Crippen MR) is 116 cm³/mol. The van der Waals surface area contributed by atoms with Crippen LogP contribution in [0.4, 0.5) is 5.69 Å². The van der Waals surface area contributed by atoms with E-state index in [1.165, 1.54) is 12.8 Å². The molecule has 0 bridgehead atoms. The van der Waals surface area contributed by atoms with Crippen LogP contribution in [0, 0.1) is 5.92 Å². The van der Waals surface area contributed by atoms with Gasteiger partial charge in [-0.2, -0.15) is 0 Å². The molecule has 2 atom stereocenters. The predicted octanol–water partition coefficient (Wildman–Crippen LogP) is 4.96. The number of hydrogen-bond acceptors (Lipinski definition) is 4. The number of benzene rings is 1. The van der Waals surface area contributed by atoms with Crippen LogP contribution in [-0.2, 0) is 4.79 Å². The smallest absolute Gasteiger partial charge is 0.263 e. The third-order valence-electron chi connectivity index (χ3n) is 5.91. The Morgan fingerprint density at radius 1 is 1.30 bits per heavy atom. The summed E-state index contributed by atoms with van der Waals surface area (Å²) in [6, 6.07) is 8.83. The zero-order valence-electron chi connectivity index (χ0n) is 17.1. The maximum atomic E-state index is 13.2. The molecule has 2 unspecified atom stereocenters. The number of ether oxygens (including phenoxy) is 1. The zero-order valence-corrected chi connectivity index (χ0v) is 17.8. The van der Waals surface area contributed by atoms with Crippen molar-refractivity contribution in [3.05, 3.63) is 47.1 Å². The molecule has 7 heteroatoms. The second-order valence-corrected chi connectivity index (χ2v) is 8.50. The van der Waals surface area contributed by atoms with Crippen LogP contribution in [-0.4, -0.2) is 29.4 Å². The van der Waals surface area contributed by atoms with Crippen LogP contribution in [0.1, 0.15) is 55.8 Å². The molecule has 1 aromatic heterocycles. The lowest BCUT2D eigenvalue weighted by Crippen LogP contribution is -2.41. The Kier molecular flexibility index (Phi) is 6.23. The lowest BCUT2D eigenvalue weighted by atomic mass is 9.86. The molecule has 0 radical (unpaired) electrons. The van der Waals surface area contributed by atoms with Gasteiger partial charge in [0.1, 0.15) is 5.56 Å². The number of amides is 2. The second-order valence-electron chi connectivity index (χ2n) is 8.07. The number of aromatic nitrogens is 1. The number of carbonyl (C=O) groups excluding carboxylic acids is 2. The van der Waals surface area contributed by atoms with Gasteiger partial charge in [-0.15, -0.1) is 0 Å². The van der Waals surface area contributed by atoms with Gasteiger partial charge in [0.05, 0.1) is 5.69 Å². The monoisotopic (exact) mass is 427 g/mol. The Hall–Kier alpha value is -2.60. The first-order valence-electron chi connectivity index (χ1n) is 10.6. The first-order valence-corrected chi connectivity index (χ1v) is 10.9. The molecule has 0 saturated heterocycles. The van der Waals surface area contributed by atoms with E-state index in [1.54, 1.807) is 41.4 Å². The van der Waals surface area contributed by atoms with Crippen LogP contribution in [0.2, 0.25) is 5.02 Å². The Morgan fingerprint density at radius 3 is 2.97 bits per heavy atom. The van der Waals surface area contributed by atoms with E-state index >= 15 is 0 Å². The summed E-state index contributed by atoms with van der Waals surface area (Å²) in [7, 11) is 0. The lowest BCUT2D eigenvalue weighted by molar-refractivity contribution is -0.122. The molecule has 1 aromatic carbocycles. The SMILES string of the molecule is CC1CCCCC1NC(=O)CCCN1C(=O)c2cccnc2Oc2ccc(Cl)cc21. The highest BCUT2D eigenvalue weighted by atomic mass is 35.5. The highest BCUT2D eigenvalue weighted by molar-refractivity contribution is 6.31. The fourth-order valence-electron chi connectivity index (χ4n) is 4.21. The van der Waals surface area contributed by atoms with Crippen molar-refractivity contribution in [2.24, 2.45) is 5.92 Å². The van der Waals surface area contributed by atoms with Gasteiger partial charge in [-0.25, -0.2) is 4.98 Å². The molecule has 0 spiro atoms. The number of rotatable bonds is 5. The molecular weight excluding hydrogens is 402 g/mol. The van der Waals surface area contributed by atoms with E-state index in [2.05, 4.69) is 17.2 Å². The van der Waals surface area contributed by atoms with Crippen molar-refractivity contribution in [2.75, 3.05) is 11.4 Å². The summed E-state index contributed by atoms with van der Waals surface area (Å²) in [6.45, 7) is 2.59. The quantitative estimate of drug-likeness (QED) is 0.731. The standard InChI is InChI=1S/C23H26ClN3O3/c1-15-6-2-3-8-18(15)26-21(28)9-5-13-27-19-14-16(24)10-11-20(19)30-22-17(23(27)29)7-4-12-25-22/h4,7,10-12,14-15,18H,2-3,5-6,8-9,13H2,1H3,(H,26,28). The van der Waals surface area contributed by atoms with E-state index in [-0.39, 0.29) is 23.7 Å². The average molecular weight is 428 g/mol. The van der Waals surface area contributed by atoms with Crippen molar-refractivity contribution in [3.63, 3.8) is 0 Å². The highest BCUT2D eigenvalue weighted by Crippen LogP contribution is 2.39. The molecule has 2 aliphatic rings. The maximum Gasteiger partial charge on any atom is 0.263 e. The van der Waals surface area contributed by atoms with Crippen molar-refractivity contribution >= 4 is 29.1 Å². The van der Waals surface area contributed by atoms with Crippen molar-refractivity contribution in [2.45, 2.75) is 51.5 Å². The van der Waals surface area contributed by atoms with Gasteiger partial charge < -0.3 is 15.0 Å². The summed E-state index contributed by atoms with van der Waals surface area (Å²) in [4.78, 5) is 31.5. The van der Waals surface area contributed by atoms with Crippen molar-refractivity contribution in [1.29, 1.82) is 0 Å². The average Bonchev–Trinajstić information content (AvgIpc) is 2.85. The first kappa shape index (κ1) is 20.7. The topological polar surface area (TPSA) is 71.5 Å². The fraction of sp³-hybridized carbons (Fsp3) is 0.435. The number of nitrogens with one attached hydrogen (secondary N) is 1. The highest BCUT2D eigenvalue weighted by Gasteiger charge is 2.29. The van der Waals surface area contributed by atoms with E-state index in [9.17, 15) is 9.59 Å². The van der Waals surface area contributed by atoms with Gasteiger partial charge in [0.25, 0.3) is 5.91 Å². The third kappa shape index (κ3) is 4.43. The Balaban J connectivity index is 1.46. The number of fused-ring (bicyclic) bond motifs is 2. The van der Waals surface area contributed by atoms with E-state index in [4.69, 9.17) is 16.3 Å². The largest absolute Gasteiger partial charge is 0.436 e. The number of anilines is 1. The zero-order chi connectivity index (χ0) is 21.1. The summed E-state index contributed by atoms with van der Waals surface area (Å²) in [5.41, 5.74) is 0.983. The van der Waals surface area contributed by atoms with E-state index in [1.807, 2.05) is 0 Å². The molecular formula is C23H26ClN3O3. The van der Waals surface area contributed by atoms with E-state index < -0.39 is 0 Å². The van der Waals surface area contributed by atoms with Crippen LogP contribution < -0.4 is 15.0 Å². The summed E-state index contributed by atoms with van der Waals surface area (Å²) >= 11 is 6.19. The van der Waals surface area contributed by atoms with Gasteiger partial charge in [0.2, 0.25) is 11.8 Å². The van der Waals surface area contributed by atoms with Crippen LogP contribution in [0.25, 0.3) is 0 Å². The summed E-state index contributed by atoms with van der Waals surface area (Å²) in [5.74, 6) is 1.15. The van der Waals surface area contributed by atoms with Crippen molar-refractivity contribution in [3.8, 4) is 11.6 Å². The van der Waals surface area contributed by atoms with Crippen LogP contribution in [0.15, 0.2) is 36.5 Å². The second kappa shape index (κ2) is 9.04. The minimum Gasteiger partial charge on any atom is -0.436 e.